The molecule has 0 aromatic carbocycles. The summed E-state index contributed by atoms with van der Waals surface area (Å²) in [5.41, 5.74) is 1.95. The predicted molar refractivity (Wildman–Crippen MR) is 187 cm³/mol. The first-order valence-electron chi connectivity index (χ1n) is 19.7. The van der Waals surface area contributed by atoms with Crippen molar-refractivity contribution in [3.63, 3.8) is 0 Å². The maximum atomic E-state index is 10.9. The third-order valence-electron chi connectivity index (χ3n) is 14.7. The van der Waals surface area contributed by atoms with Gasteiger partial charge in [0.2, 0.25) is 0 Å². The van der Waals surface area contributed by atoms with E-state index in [1.165, 1.54) is 37.7 Å². The van der Waals surface area contributed by atoms with Crippen molar-refractivity contribution in [1.82, 2.24) is 0 Å². The molecule has 18 atom stereocenters. The van der Waals surface area contributed by atoms with E-state index in [4.69, 9.17) is 18.9 Å². The monoisotopic (exact) mass is 706 g/mol. The highest BCUT2D eigenvalue weighted by Crippen LogP contribution is 2.67. The quantitative estimate of drug-likeness (QED) is 0.183. The number of fused-ring (bicyclic) bond motifs is 5. The lowest BCUT2D eigenvalue weighted by molar-refractivity contribution is -0.361. The van der Waals surface area contributed by atoms with E-state index in [0.29, 0.717) is 35.0 Å². The Kier molecular flexibility index (Phi) is 12.0. The van der Waals surface area contributed by atoms with Crippen LogP contribution in [0.2, 0.25) is 0 Å². The Hall–Kier alpha value is -0.920. The summed E-state index contributed by atoms with van der Waals surface area (Å²) in [6.07, 6.45) is 5.05. The SMILES string of the molecule is CC[C@H](C=C[C@@H](C)[C@H]1CC[C@H]2[C@@H]3CC=C4C[C@@H](O[C@@H]5OC[C@H](O)[C@H](O)[C@H]5O[C@@H]5O[C@H](CO)[C@@H](O)[C@H](O)[C@H]5O)CC[C@]4(C)[C@H]3CC[C@]12C)C(C)C. The first kappa shape index (κ1) is 38.8. The van der Waals surface area contributed by atoms with Crippen molar-refractivity contribution in [2.24, 2.45) is 52.3 Å². The highest BCUT2D eigenvalue weighted by molar-refractivity contribution is 5.26. The molecule has 6 rings (SSSR count). The molecule has 2 saturated heterocycles. The zero-order valence-electron chi connectivity index (χ0n) is 31.1. The molecule has 10 nitrogen and oxygen atoms in total. The van der Waals surface area contributed by atoms with Crippen LogP contribution in [0.15, 0.2) is 23.8 Å². The van der Waals surface area contributed by atoms with E-state index in [-0.39, 0.29) is 18.1 Å². The third-order valence-corrected chi connectivity index (χ3v) is 14.7. The average molecular weight is 707 g/mol. The van der Waals surface area contributed by atoms with Crippen molar-refractivity contribution in [3.8, 4) is 0 Å². The zero-order chi connectivity index (χ0) is 36.1. The van der Waals surface area contributed by atoms with Crippen molar-refractivity contribution in [3.05, 3.63) is 23.8 Å². The van der Waals surface area contributed by atoms with E-state index >= 15 is 0 Å². The fraction of sp³-hybridized carbons (Fsp3) is 0.900. The molecular weight excluding hydrogens is 640 g/mol. The molecule has 6 N–H and O–H groups in total. The molecule has 2 aliphatic heterocycles. The average Bonchev–Trinajstić information content (AvgIpc) is 3.45. The second kappa shape index (κ2) is 15.4. The summed E-state index contributed by atoms with van der Waals surface area (Å²) in [5.74, 6) is 4.78. The Morgan fingerprint density at radius 2 is 1.64 bits per heavy atom. The molecule has 0 bridgehead atoms. The van der Waals surface area contributed by atoms with Crippen molar-refractivity contribution in [2.45, 2.75) is 161 Å². The number of rotatable bonds is 10. The van der Waals surface area contributed by atoms with Gasteiger partial charge in [-0.3, -0.25) is 0 Å². The molecule has 10 heteroatoms. The Morgan fingerprint density at radius 3 is 2.34 bits per heavy atom. The van der Waals surface area contributed by atoms with Crippen LogP contribution < -0.4 is 0 Å². The molecule has 0 unspecified atom stereocenters. The van der Waals surface area contributed by atoms with Crippen molar-refractivity contribution in [2.75, 3.05) is 13.2 Å². The van der Waals surface area contributed by atoms with Gasteiger partial charge in [-0.25, -0.2) is 0 Å². The lowest BCUT2D eigenvalue weighted by Crippen LogP contribution is -2.63. The number of allylic oxidation sites excluding steroid dienone is 3. The molecule has 4 aliphatic carbocycles. The number of hydrogen-bond acceptors (Lipinski definition) is 10. The third kappa shape index (κ3) is 7.05. The van der Waals surface area contributed by atoms with Gasteiger partial charge >= 0.3 is 0 Å². The molecule has 0 spiro atoms. The highest BCUT2D eigenvalue weighted by Gasteiger charge is 2.59. The molecule has 0 aromatic heterocycles. The molecule has 0 amide bonds. The summed E-state index contributed by atoms with van der Waals surface area (Å²) in [7, 11) is 0. The fourth-order valence-corrected chi connectivity index (χ4v) is 11.5. The van der Waals surface area contributed by atoms with Gasteiger partial charge < -0.3 is 49.6 Å². The lowest BCUT2D eigenvalue weighted by atomic mass is 9.47. The van der Waals surface area contributed by atoms with Gasteiger partial charge in [0.1, 0.15) is 42.7 Å². The molecule has 3 saturated carbocycles. The maximum absolute atomic E-state index is 10.9. The number of aliphatic hydroxyl groups excluding tert-OH is 6. The first-order valence-corrected chi connectivity index (χ1v) is 19.7. The molecule has 0 aromatic rings. The van der Waals surface area contributed by atoms with Gasteiger partial charge in [0, 0.05) is 0 Å². The van der Waals surface area contributed by atoms with Gasteiger partial charge in [0.05, 0.1) is 19.3 Å². The van der Waals surface area contributed by atoms with E-state index in [0.717, 1.165) is 37.5 Å². The Bertz CT molecular complexity index is 1210. The van der Waals surface area contributed by atoms with Crippen LogP contribution in [0.25, 0.3) is 0 Å². The second-order valence-corrected chi connectivity index (χ2v) is 17.6. The second-order valence-electron chi connectivity index (χ2n) is 17.6. The van der Waals surface area contributed by atoms with E-state index < -0.39 is 61.9 Å². The summed E-state index contributed by atoms with van der Waals surface area (Å²) >= 11 is 0. The van der Waals surface area contributed by atoms with E-state index in [1.54, 1.807) is 0 Å². The molecule has 6 aliphatic rings. The van der Waals surface area contributed by atoms with Crippen LogP contribution in [-0.2, 0) is 18.9 Å². The van der Waals surface area contributed by atoms with E-state index in [9.17, 15) is 30.6 Å². The molecule has 5 fully saturated rings. The molecule has 2 heterocycles. The van der Waals surface area contributed by atoms with Crippen LogP contribution in [-0.4, -0.2) is 105 Å². The summed E-state index contributed by atoms with van der Waals surface area (Å²) in [4.78, 5) is 0. The minimum atomic E-state index is -1.65. The van der Waals surface area contributed by atoms with E-state index in [2.05, 4.69) is 59.8 Å². The fourth-order valence-electron chi connectivity index (χ4n) is 11.5. The highest BCUT2D eigenvalue weighted by atomic mass is 16.8. The van der Waals surface area contributed by atoms with E-state index in [1.807, 2.05) is 0 Å². The smallest absolute Gasteiger partial charge is 0.187 e. The van der Waals surface area contributed by atoms with Gasteiger partial charge in [-0.2, -0.15) is 0 Å². The summed E-state index contributed by atoms with van der Waals surface area (Å²) in [5, 5.41) is 62.0. The van der Waals surface area contributed by atoms with Gasteiger partial charge in [-0.05, 0) is 110 Å². The molecular formula is C40H66O10. The summed E-state index contributed by atoms with van der Waals surface area (Å²) in [6, 6.07) is 0. The van der Waals surface area contributed by atoms with Crippen molar-refractivity contribution in [1.29, 1.82) is 0 Å². The van der Waals surface area contributed by atoms with Crippen molar-refractivity contribution < 1.29 is 49.6 Å². The summed E-state index contributed by atoms with van der Waals surface area (Å²) in [6.45, 7) is 13.8. The lowest BCUT2D eigenvalue weighted by Gasteiger charge is -2.58. The molecule has 50 heavy (non-hydrogen) atoms. The topological polar surface area (TPSA) is 158 Å². The number of hydrogen-bond donors (Lipinski definition) is 6. The van der Waals surface area contributed by atoms with Crippen LogP contribution in [0.1, 0.15) is 99.3 Å². The van der Waals surface area contributed by atoms with Crippen LogP contribution in [0.5, 0.6) is 0 Å². The first-order chi connectivity index (χ1) is 23.7. The Morgan fingerprint density at radius 1 is 0.880 bits per heavy atom. The van der Waals surface area contributed by atoms with Crippen LogP contribution in [0.3, 0.4) is 0 Å². The molecule has 0 radical (unpaired) electrons. The van der Waals surface area contributed by atoms with Gasteiger partial charge in [0.25, 0.3) is 0 Å². The maximum Gasteiger partial charge on any atom is 0.187 e. The van der Waals surface area contributed by atoms with Gasteiger partial charge in [-0.15, -0.1) is 0 Å². The number of aliphatic hydroxyl groups is 6. The predicted octanol–water partition coefficient (Wildman–Crippen LogP) is 4.09. The van der Waals surface area contributed by atoms with Crippen LogP contribution in [0.4, 0.5) is 0 Å². The van der Waals surface area contributed by atoms with Crippen LogP contribution in [0, 0.1) is 52.3 Å². The summed E-state index contributed by atoms with van der Waals surface area (Å²) < 4.78 is 23.8. The normalized spacial score (nSPS) is 49.3. The largest absolute Gasteiger partial charge is 0.394 e. The minimum absolute atomic E-state index is 0.120. The Balaban J connectivity index is 1.12. The Labute approximate surface area is 299 Å². The van der Waals surface area contributed by atoms with Crippen molar-refractivity contribution >= 4 is 0 Å². The van der Waals surface area contributed by atoms with Crippen LogP contribution >= 0.6 is 0 Å². The van der Waals surface area contributed by atoms with Gasteiger partial charge in [0.15, 0.2) is 12.6 Å². The molecule has 286 valence electrons. The zero-order valence-corrected chi connectivity index (χ0v) is 31.1. The van der Waals surface area contributed by atoms with Gasteiger partial charge in [-0.1, -0.05) is 65.3 Å². The minimum Gasteiger partial charge on any atom is -0.394 e. The standard InChI is InChI=1S/C40H66O10/c1-7-23(21(2)3)9-8-22(4)27-12-13-28-26-11-10-24-18-25(14-16-39(24,5)29(26)15-17-40(27,28)6)48-38-36(32(43)30(42)20-47-38)50-37-35(46)34(45)33(44)31(19-41)49-37/h8-10,21-23,25-38,41-46H,7,11-20H2,1-6H3/t22-,23-,25+,26+,27-,28+,29+,30+,31-,32+,33-,34+,35-,36-,37+,38+,39+,40-/m1/s1. The number of ether oxygens (including phenoxy) is 4.